The molecule has 0 aromatic rings. The molecule has 180 valence electrons. The van der Waals surface area contributed by atoms with Crippen LogP contribution in [0.5, 0.6) is 0 Å². The molecule has 0 aliphatic rings. The van der Waals surface area contributed by atoms with Gasteiger partial charge in [0, 0.05) is 0 Å². The second kappa shape index (κ2) is 6.91. The fourth-order valence-corrected chi connectivity index (χ4v) is 6.07. The van der Waals surface area contributed by atoms with E-state index in [1.807, 2.05) is 0 Å². The first-order valence-corrected chi connectivity index (χ1v) is 8.91. The third-order valence-electron chi connectivity index (χ3n) is 2.95. The highest BCUT2D eigenvalue weighted by Crippen LogP contribution is 2.56. The zero-order valence-electron chi connectivity index (χ0n) is 12.6. The minimum Gasteiger partial charge on any atom is -0.262 e. The van der Waals surface area contributed by atoms with Crippen LogP contribution in [0, 0.1) is 10.1 Å². The molecule has 7 nitrogen and oxygen atoms in total. The van der Waals surface area contributed by atoms with Gasteiger partial charge >= 0.3 is 39.4 Å². The maximum Gasteiger partial charge on any atom is 0.447 e. The number of alkyl halides is 14. The van der Waals surface area contributed by atoms with Crippen molar-refractivity contribution in [1.29, 1.82) is 0 Å². The van der Waals surface area contributed by atoms with Crippen molar-refractivity contribution in [3.05, 3.63) is 10.1 Å². The Kier molecular flexibility index (Phi) is 6.53. The molecule has 0 aliphatic heterocycles. The second-order valence-electron chi connectivity index (χ2n) is 4.86. The average molecular weight is 525 g/mol. The molecule has 0 amide bonds. The van der Waals surface area contributed by atoms with E-state index in [4.69, 9.17) is 0 Å². The monoisotopic (exact) mass is 525 g/mol. The van der Waals surface area contributed by atoms with Crippen molar-refractivity contribution in [2.75, 3.05) is 0 Å². The molecule has 0 aromatic heterocycles. The molecule has 0 bridgehead atoms. The molecule has 0 aromatic carbocycles. The zero-order valence-corrected chi connectivity index (χ0v) is 14.2. The van der Waals surface area contributed by atoms with Gasteiger partial charge in [0.1, 0.15) is 0 Å². The van der Waals surface area contributed by atoms with Crippen LogP contribution in [-0.4, -0.2) is 61.2 Å². The van der Waals surface area contributed by atoms with Crippen LogP contribution in [0.4, 0.5) is 61.5 Å². The Hall–Kier alpha value is -1.68. The van der Waals surface area contributed by atoms with Gasteiger partial charge in [0.15, 0.2) is 0 Å². The van der Waals surface area contributed by atoms with Gasteiger partial charge in [0.05, 0.1) is 4.92 Å². The highest BCUT2D eigenvalue weighted by molar-refractivity contribution is 8.10. The number of halogens is 14. The summed E-state index contributed by atoms with van der Waals surface area (Å²) in [5.74, 6) is 0. The lowest BCUT2D eigenvalue weighted by atomic mass is 10.3. The Balaban J connectivity index is 7.63. The van der Waals surface area contributed by atoms with Gasteiger partial charge in [-0.15, -0.1) is 0 Å². The van der Waals surface area contributed by atoms with Crippen molar-refractivity contribution in [3.8, 4) is 0 Å². The molecule has 0 atom stereocenters. The molecule has 0 saturated heterocycles. The topological polar surface area (TPSA) is 111 Å². The number of nitro groups is 1. The molecule has 30 heavy (non-hydrogen) atoms. The van der Waals surface area contributed by atoms with Crippen LogP contribution in [0.3, 0.4) is 0 Å². The smallest absolute Gasteiger partial charge is 0.262 e. The number of hydrogen-bond acceptors (Lipinski definition) is 6. The van der Waals surface area contributed by atoms with Gasteiger partial charge < -0.3 is 0 Å². The summed E-state index contributed by atoms with van der Waals surface area (Å²) in [6.45, 7) is 0. The molecule has 0 fully saturated rings. The van der Waals surface area contributed by atoms with E-state index in [1.165, 1.54) is 0 Å². The standard InChI is InChI=1S/C7HF14NO6S2/c8-2(4(10,11)12,5(13,14)15)29(25,26)1(22(23)24)30(27,28)3(9,6(16,17)18)7(19,20)21/h1H. The number of nitrogens with zero attached hydrogens (tertiary/aromatic N) is 1. The van der Waals surface area contributed by atoms with Crippen molar-refractivity contribution in [3.63, 3.8) is 0 Å². The van der Waals surface area contributed by atoms with E-state index < -0.39 is 64.0 Å². The average Bonchev–Trinajstić information content (AvgIpc) is 2.38. The molecule has 0 aliphatic carbocycles. The Bertz CT molecular complexity index is 797. The largest absolute Gasteiger partial charge is 0.447 e. The van der Waals surface area contributed by atoms with Gasteiger partial charge in [-0.05, 0) is 0 Å². The molecule has 0 rings (SSSR count). The minimum absolute atomic E-state index is 3.61. The lowest BCUT2D eigenvalue weighted by Crippen LogP contribution is -2.68. The molecule has 0 unspecified atom stereocenters. The van der Waals surface area contributed by atoms with Gasteiger partial charge in [-0.3, -0.25) is 10.1 Å². The van der Waals surface area contributed by atoms with Gasteiger partial charge in [-0.2, -0.15) is 52.7 Å². The van der Waals surface area contributed by atoms with E-state index in [2.05, 4.69) is 0 Å². The summed E-state index contributed by atoms with van der Waals surface area (Å²) in [6, 6.07) is 0. The van der Waals surface area contributed by atoms with Gasteiger partial charge in [-0.25, -0.2) is 25.6 Å². The van der Waals surface area contributed by atoms with Crippen molar-refractivity contribution < 1.29 is 83.2 Å². The summed E-state index contributed by atoms with van der Waals surface area (Å²) in [5.41, 5.74) is 0. The zero-order chi connectivity index (χ0) is 25.2. The predicted molar refractivity (Wildman–Crippen MR) is 60.5 cm³/mol. The SMILES string of the molecule is O=[N+]([O-])C(S(=O)(=O)C(F)(C(F)(F)F)C(F)(F)F)S(=O)(=O)C(F)(C(F)(F)F)C(F)(F)F. The summed E-state index contributed by atoms with van der Waals surface area (Å²) in [6.07, 6.45) is -31.8. The van der Waals surface area contributed by atoms with Crippen LogP contribution in [0.2, 0.25) is 0 Å². The van der Waals surface area contributed by atoms with Gasteiger partial charge in [-0.1, -0.05) is 0 Å². The van der Waals surface area contributed by atoms with Crippen LogP contribution in [-0.2, 0) is 19.7 Å². The Labute approximate surface area is 153 Å². The maximum atomic E-state index is 13.6. The van der Waals surface area contributed by atoms with Crippen LogP contribution in [0.15, 0.2) is 0 Å². The van der Waals surface area contributed by atoms with Crippen LogP contribution in [0.1, 0.15) is 0 Å². The molecular formula is C7HF14NO6S2. The first kappa shape index (κ1) is 28.3. The normalized spacial score (nSPS) is 16.1. The fourth-order valence-electron chi connectivity index (χ4n) is 1.64. The molecule has 0 saturated carbocycles. The number of hydrogen-bond donors (Lipinski definition) is 0. The van der Waals surface area contributed by atoms with E-state index in [0.29, 0.717) is 0 Å². The Morgan fingerprint density at radius 3 is 0.800 bits per heavy atom. The number of rotatable bonds is 5. The van der Waals surface area contributed by atoms with E-state index in [0.717, 1.165) is 0 Å². The minimum atomic E-state index is -8.98. The summed E-state index contributed by atoms with van der Waals surface area (Å²) in [4.78, 5) is 6.83. The van der Waals surface area contributed by atoms with Crippen LogP contribution >= 0.6 is 0 Å². The summed E-state index contributed by atoms with van der Waals surface area (Å²) in [5, 5.41) is -5.76. The third kappa shape index (κ3) is 3.62. The highest BCUT2D eigenvalue weighted by Gasteiger charge is 2.90. The fraction of sp³-hybridized carbons (Fsp3) is 1.00. The van der Waals surface area contributed by atoms with Crippen molar-refractivity contribution in [2.24, 2.45) is 0 Å². The first-order chi connectivity index (χ1) is 12.6. The van der Waals surface area contributed by atoms with E-state index in [9.17, 15) is 88.4 Å². The van der Waals surface area contributed by atoms with E-state index in [1.54, 1.807) is 0 Å². The maximum absolute atomic E-state index is 13.6. The molecule has 0 heterocycles. The first-order valence-electron chi connectivity index (χ1n) is 5.82. The molecule has 23 heteroatoms. The van der Waals surface area contributed by atoms with Crippen molar-refractivity contribution in [1.82, 2.24) is 0 Å². The van der Waals surface area contributed by atoms with E-state index in [-0.39, 0.29) is 0 Å². The summed E-state index contributed by atoms with van der Waals surface area (Å²) >= 11 is 0. The Morgan fingerprint density at radius 1 is 0.533 bits per heavy atom. The van der Waals surface area contributed by atoms with Gasteiger partial charge in [0.2, 0.25) is 0 Å². The third-order valence-corrected chi connectivity index (χ3v) is 8.37. The second-order valence-corrected chi connectivity index (χ2v) is 9.36. The lowest BCUT2D eigenvalue weighted by Gasteiger charge is -2.33. The summed E-state index contributed by atoms with van der Waals surface area (Å²) in [7, 11) is -18.0. The molecule has 0 radical (unpaired) electrons. The quantitative estimate of drug-likeness (QED) is 0.310. The van der Waals surface area contributed by atoms with E-state index >= 15 is 0 Å². The van der Waals surface area contributed by atoms with Gasteiger partial charge in [0.25, 0.3) is 19.7 Å². The predicted octanol–water partition coefficient (Wildman–Crippen LogP) is 2.96. The molecule has 0 N–H and O–H groups in total. The van der Waals surface area contributed by atoms with Crippen LogP contribution in [0.25, 0.3) is 0 Å². The molecular weight excluding hydrogens is 524 g/mol. The van der Waals surface area contributed by atoms with Crippen LogP contribution < -0.4 is 0 Å². The lowest BCUT2D eigenvalue weighted by molar-refractivity contribution is -0.477. The highest BCUT2D eigenvalue weighted by atomic mass is 32.3. The number of sulfone groups is 2. The van der Waals surface area contributed by atoms with Crippen molar-refractivity contribution >= 4 is 19.7 Å². The molecule has 0 spiro atoms. The van der Waals surface area contributed by atoms with Crippen molar-refractivity contribution in [2.45, 2.75) is 39.4 Å². The Morgan fingerprint density at radius 2 is 0.700 bits per heavy atom. The summed E-state index contributed by atoms with van der Waals surface area (Å²) < 4.78 is 215.